The second-order valence-corrected chi connectivity index (χ2v) is 10.9. The van der Waals surface area contributed by atoms with Gasteiger partial charge in [0, 0.05) is 33.8 Å². The van der Waals surface area contributed by atoms with Gasteiger partial charge >= 0.3 is 0 Å². The Hall–Kier alpha value is -4.13. The molecule has 0 N–H and O–H groups in total. The van der Waals surface area contributed by atoms with Gasteiger partial charge in [0.1, 0.15) is 0 Å². The lowest BCUT2D eigenvalue weighted by Gasteiger charge is -2.38. The number of alkyl halides is 2. The molecule has 0 unspecified atom stereocenters. The molecular formula is C32H28Cl2N6. The van der Waals surface area contributed by atoms with E-state index in [0.717, 1.165) is 50.9 Å². The Kier molecular flexibility index (Phi) is 6.82. The van der Waals surface area contributed by atoms with Crippen LogP contribution in [0.15, 0.2) is 109 Å². The van der Waals surface area contributed by atoms with E-state index in [-0.39, 0.29) is 0 Å². The number of hydrogen-bond donors (Lipinski definition) is 0. The first-order valence-corrected chi connectivity index (χ1v) is 13.9. The summed E-state index contributed by atoms with van der Waals surface area (Å²) in [6.07, 6.45) is 0. The molecule has 3 aromatic carbocycles. The minimum atomic E-state index is -1.35. The van der Waals surface area contributed by atoms with Crippen LogP contribution >= 0.6 is 23.2 Å². The summed E-state index contributed by atoms with van der Waals surface area (Å²) in [6.45, 7) is 5.99. The zero-order valence-electron chi connectivity index (χ0n) is 22.4. The van der Waals surface area contributed by atoms with Crippen molar-refractivity contribution in [3.63, 3.8) is 0 Å². The van der Waals surface area contributed by atoms with Crippen molar-refractivity contribution >= 4 is 23.2 Å². The van der Waals surface area contributed by atoms with Gasteiger partial charge in [-0.3, -0.25) is 0 Å². The number of benzene rings is 3. The summed E-state index contributed by atoms with van der Waals surface area (Å²) in [5, 5.41) is 15.3. The maximum Gasteiger partial charge on any atom is 0.280 e. The molecule has 0 spiro atoms. The molecule has 200 valence electrons. The van der Waals surface area contributed by atoms with E-state index in [4.69, 9.17) is 38.5 Å². The molecule has 0 aliphatic carbocycles. The molecule has 8 heteroatoms. The molecule has 6 nitrogen and oxygen atoms in total. The highest BCUT2D eigenvalue weighted by atomic mass is 35.5. The largest absolute Gasteiger partial charge is 0.280 e. The number of aryl methyl sites for hydroxylation is 3. The number of rotatable bonds is 7. The first kappa shape index (κ1) is 26.1. The number of aromatic nitrogens is 6. The van der Waals surface area contributed by atoms with Crippen LogP contribution in [0.5, 0.6) is 0 Å². The Morgan fingerprint density at radius 3 is 1.02 bits per heavy atom. The van der Waals surface area contributed by atoms with Crippen molar-refractivity contribution in [2.45, 2.75) is 31.4 Å². The van der Waals surface area contributed by atoms with Gasteiger partial charge in [-0.25, -0.2) is 14.0 Å². The normalized spacial score (nSPS) is 11.8. The molecule has 40 heavy (non-hydrogen) atoms. The van der Waals surface area contributed by atoms with Crippen LogP contribution in [0.4, 0.5) is 0 Å². The Bertz CT molecular complexity index is 1550. The van der Waals surface area contributed by atoms with Crippen molar-refractivity contribution in [1.82, 2.24) is 29.3 Å². The summed E-state index contributed by atoms with van der Waals surface area (Å²) in [6, 6.07) is 36.3. The standard InChI is InChI=1S/C32H28Cl2N6/c1-22-19-28(25-13-7-4-8-14-25)35-38(22)32(31(33)34,39-23(2)20-29(36-39)26-15-9-5-10-16-26)40-24(3)21-30(37-40)27-17-11-6-12-18-27/h4-21,31H,1-3H3. The van der Waals surface area contributed by atoms with Gasteiger partial charge in [-0.05, 0) is 39.0 Å². The van der Waals surface area contributed by atoms with E-state index in [2.05, 4.69) is 0 Å². The summed E-state index contributed by atoms with van der Waals surface area (Å²) in [5.74, 6) is -1.35. The van der Waals surface area contributed by atoms with Gasteiger partial charge < -0.3 is 0 Å². The topological polar surface area (TPSA) is 53.5 Å². The SMILES string of the molecule is Cc1cc(-c2ccccc2)nn1C(C(Cl)Cl)(n1nc(-c2ccccc2)cc1C)n1nc(-c2ccccc2)cc1C. The minimum absolute atomic E-state index is 0.803. The average Bonchev–Trinajstić information content (AvgIpc) is 3.68. The van der Waals surface area contributed by atoms with E-state index >= 15 is 0 Å². The van der Waals surface area contributed by atoms with Crippen LogP contribution in [0, 0.1) is 20.8 Å². The highest BCUT2D eigenvalue weighted by Gasteiger charge is 2.49. The molecular weight excluding hydrogens is 539 g/mol. The van der Waals surface area contributed by atoms with Gasteiger partial charge in [0.2, 0.25) is 0 Å². The minimum Gasteiger partial charge on any atom is -0.219 e. The molecule has 0 saturated carbocycles. The maximum atomic E-state index is 7.07. The molecule has 0 radical (unpaired) electrons. The summed E-state index contributed by atoms with van der Waals surface area (Å²) in [4.78, 5) is -1.03. The molecule has 0 bridgehead atoms. The lowest BCUT2D eigenvalue weighted by molar-refractivity contribution is 0.125. The fraction of sp³-hybridized carbons (Fsp3) is 0.156. The molecule has 0 fully saturated rings. The molecule has 0 aliphatic rings. The summed E-state index contributed by atoms with van der Waals surface area (Å²) >= 11 is 14.1. The van der Waals surface area contributed by atoms with E-state index in [0.29, 0.717) is 0 Å². The van der Waals surface area contributed by atoms with Crippen molar-refractivity contribution in [1.29, 1.82) is 0 Å². The number of hydrogen-bond acceptors (Lipinski definition) is 3. The van der Waals surface area contributed by atoms with E-state index in [1.807, 2.05) is 144 Å². The lowest BCUT2D eigenvalue weighted by atomic mass is 10.1. The maximum absolute atomic E-state index is 7.07. The smallest absolute Gasteiger partial charge is 0.219 e. The predicted molar refractivity (Wildman–Crippen MR) is 161 cm³/mol. The summed E-state index contributed by atoms with van der Waals surface area (Å²) in [5.41, 5.74) is 7.95. The molecule has 3 aromatic heterocycles. The third kappa shape index (κ3) is 4.34. The monoisotopic (exact) mass is 566 g/mol. The molecule has 6 rings (SSSR count). The Balaban J connectivity index is 1.65. The van der Waals surface area contributed by atoms with Crippen LogP contribution in [0.2, 0.25) is 0 Å². The third-order valence-corrected chi connectivity index (χ3v) is 7.68. The molecule has 0 saturated heterocycles. The summed E-state index contributed by atoms with van der Waals surface area (Å²) in [7, 11) is 0. The first-order chi connectivity index (χ1) is 19.4. The average molecular weight is 568 g/mol. The van der Waals surface area contributed by atoms with Crippen molar-refractivity contribution < 1.29 is 0 Å². The van der Waals surface area contributed by atoms with Crippen LogP contribution in [0.1, 0.15) is 17.1 Å². The van der Waals surface area contributed by atoms with Gasteiger partial charge in [-0.2, -0.15) is 15.3 Å². The van der Waals surface area contributed by atoms with E-state index in [1.165, 1.54) is 0 Å². The van der Waals surface area contributed by atoms with E-state index in [1.54, 1.807) is 0 Å². The van der Waals surface area contributed by atoms with Gasteiger partial charge in [-0.1, -0.05) is 114 Å². The van der Waals surface area contributed by atoms with Crippen LogP contribution in [-0.2, 0) is 5.79 Å². The van der Waals surface area contributed by atoms with Gasteiger partial charge in [-0.15, -0.1) is 0 Å². The third-order valence-electron chi connectivity index (χ3n) is 7.10. The van der Waals surface area contributed by atoms with Crippen LogP contribution < -0.4 is 0 Å². The van der Waals surface area contributed by atoms with Crippen molar-refractivity contribution in [2.75, 3.05) is 0 Å². The number of nitrogens with zero attached hydrogens (tertiary/aromatic N) is 6. The van der Waals surface area contributed by atoms with E-state index in [9.17, 15) is 0 Å². The summed E-state index contributed by atoms with van der Waals surface area (Å²) < 4.78 is 5.55. The quantitative estimate of drug-likeness (QED) is 0.186. The van der Waals surface area contributed by atoms with Crippen molar-refractivity contribution in [3.8, 4) is 33.8 Å². The first-order valence-electron chi connectivity index (χ1n) is 13.1. The second-order valence-electron chi connectivity index (χ2n) is 9.83. The molecule has 0 atom stereocenters. The van der Waals surface area contributed by atoms with Gasteiger partial charge in [0.15, 0.2) is 4.84 Å². The zero-order valence-corrected chi connectivity index (χ0v) is 23.9. The van der Waals surface area contributed by atoms with Crippen LogP contribution in [-0.4, -0.2) is 34.2 Å². The van der Waals surface area contributed by atoms with E-state index < -0.39 is 10.6 Å². The van der Waals surface area contributed by atoms with Crippen LogP contribution in [0.25, 0.3) is 33.8 Å². The Morgan fingerprint density at radius 2 is 0.775 bits per heavy atom. The Morgan fingerprint density at radius 1 is 0.500 bits per heavy atom. The lowest BCUT2D eigenvalue weighted by Crippen LogP contribution is -2.56. The molecule has 0 aliphatic heterocycles. The Labute approximate surface area is 243 Å². The fourth-order valence-corrected chi connectivity index (χ4v) is 5.77. The van der Waals surface area contributed by atoms with Gasteiger partial charge in [0.25, 0.3) is 5.79 Å². The highest BCUT2D eigenvalue weighted by molar-refractivity contribution is 6.45. The molecule has 6 aromatic rings. The van der Waals surface area contributed by atoms with Crippen LogP contribution in [0.3, 0.4) is 0 Å². The van der Waals surface area contributed by atoms with Crippen molar-refractivity contribution in [3.05, 3.63) is 126 Å². The molecule has 3 heterocycles. The highest BCUT2D eigenvalue weighted by Crippen LogP contribution is 2.38. The predicted octanol–water partition coefficient (Wildman–Crippen LogP) is 7.71. The zero-order chi connectivity index (χ0) is 27.9. The second kappa shape index (κ2) is 10.5. The van der Waals surface area contributed by atoms with Gasteiger partial charge in [0.05, 0.1) is 17.1 Å². The number of halogens is 2. The molecule has 0 amide bonds. The van der Waals surface area contributed by atoms with Crippen molar-refractivity contribution in [2.24, 2.45) is 0 Å². The fourth-order valence-electron chi connectivity index (χ4n) is 5.22.